The average Bonchev–Trinajstić information content (AvgIpc) is 2.88. The quantitative estimate of drug-likeness (QED) is 0.154. The summed E-state index contributed by atoms with van der Waals surface area (Å²) in [6.45, 7) is 7.09. The second-order valence-corrected chi connectivity index (χ2v) is 9.63. The molecule has 0 aliphatic rings. The number of nitrogens with two attached hydrogens (primary N) is 2. The Morgan fingerprint density at radius 2 is 1.37 bits per heavy atom. The third kappa shape index (κ3) is 10.4. The zero-order valence-corrected chi connectivity index (χ0v) is 22.4. The van der Waals surface area contributed by atoms with Crippen LogP contribution >= 0.6 is 0 Å². The largest absolute Gasteiger partial charge is 0.508 e. The topological polar surface area (TPSA) is 214 Å². The summed E-state index contributed by atoms with van der Waals surface area (Å²) in [4.78, 5) is 62.0. The normalized spacial score (nSPS) is 15.7. The maximum absolute atomic E-state index is 13.4. The van der Waals surface area contributed by atoms with Gasteiger partial charge >= 0.3 is 5.97 Å². The number of hydrogen-bond acceptors (Lipinski definition) is 7. The number of carbonyl (C=O) groups excluding carboxylic acids is 4. The molecule has 0 heterocycles. The first-order chi connectivity index (χ1) is 17.8. The van der Waals surface area contributed by atoms with Gasteiger partial charge in [0.15, 0.2) is 0 Å². The lowest BCUT2D eigenvalue weighted by molar-refractivity contribution is -0.144. The van der Waals surface area contributed by atoms with Crippen molar-refractivity contribution < 1.29 is 34.2 Å². The molecule has 212 valence electrons. The minimum absolute atomic E-state index is 0.0137. The first-order valence-electron chi connectivity index (χ1n) is 12.8. The van der Waals surface area contributed by atoms with Crippen molar-refractivity contribution in [1.29, 1.82) is 0 Å². The molecule has 0 aromatic heterocycles. The number of rotatable bonds is 16. The van der Waals surface area contributed by atoms with Gasteiger partial charge in [-0.15, -0.1) is 0 Å². The Hall–Kier alpha value is -3.67. The summed E-state index contributed by atoms with van der Waals surface area (Å²) < 4.78 is 0. The fraction of sp³-hybridized carbons (Fsp3) is 0.577. The molecule has 12 nitrogen and oxygen atoms in total. The van der Waals surface area contributed by atoms with Crippen LogP contribution in [0, 0.1) is 11.8 Å². The Bertz CT molecular complexity index is 969. The zero-order valence-electron chi connectivity index (χ0n) is 22.4. The van der Waals surface area contributed by atoms with Gasteiger partial charge in [-0.25, -0.2) is 4.79 Å². The van der Waals surface area contributed by atoms with Crippen molar-refractivity contribution in [3.63, 3.8) is 0 Å². The summed E-state index contributed by atoms with van der Waals surface area (Å²) in [7, 11) is 0. The Kier molecular flexibility index (Phi) is 13.2. The summed E-state index contributed by atoms with van der Waals surface area (Å²) in [6, 6.07) is 1.57. The molecule has 0 spiro atoms. The van der Waals surface area contributed by atoms with Gasteiger partial charge in [-0.2, -0.15) is 0 Å². The van der Waals surface area contributed by atoms with E-state index in [2.05, 4.69) is 16.0 Å². The molecule has 4 amide bonds. The van der Waals surface area contributed by atoms with Gasteiger partial charge < -0.3 is 37.6 Å². The zero-order chi connectivity index (χ0) is 29.0. The molecule has 1 aromatic rings. The summed E-state index contributed by atoms with van der Waals surface area (Å²) in [6.07, 6.45) is 0.917. The van der Waals surface area contributed by atoms with Gasteiger partial charge in [0.2, 0.25) is 23.6 Å². The third-order valence-electron chi connectivity index (χ3n) is 6.62. The van der Waals surface area contributed by atoms with E-state index < -0.39 is 53.8 Å². The van der Waals surface area contributed by atoms with Gasteiger partial charge in [-0.3, -0.25) is 19.2 Å². The van der Waals surface area contributed by atoms with E-state index in [0.717, 1.165) is 0 Å². The minimum Gasteiger partial charge on any atom is -0.508 e. The molecule has 0 aliphatic heterocycles. The van der Waals surface area contributed by atoms with Crippen molar-refractivity contribution in [2.75, 3.05) is 0 Å². The highest BCUT2D eigenvalue weighted by Crippen LogP contribution is 2.15. The van der Waals surface area contributed by atoms with Gasteiger partial charge in [-0.1, -0.05) is 52.7 Å². The van der Waals surface area contributed by atoms with Crippen LogP contribution in [0.1, 0.15) is 58.9 Å². The number of primary amides is 1. The van der Waals surface area contributed by atoms with Crippen LogP contribution in [-0.4, -0.2) is 64.0 Å². The van der Waals surface area contributed by atoms with Gasteiger partial charge in [-0.05, 0) is 36.0 Å². The van der Waals surface area contributed by atoms with Crippen molar-refractivity contribution in [1.82, 2.24) is 16.0 Å². The van der Waals surface area contributed by atoms with Crippen molar-refractivity contribution in [2.24, 2.45) is 23.3 Å². The SMILES string of the molecule is CCC(C)C(NC(=O)C(NC(=O)C(Cc1ccc(O)cc1)NC(=O)C(N)CCC(N)=O)C(C)CC)C(=O)O. The van der Waals surface area contributed by atoms with E-state index in [4.69, 9.17) is 11.5 Å². The molecular formula is C26H41N5O7. The molecule has 38 heavy (non-hydrogen) atoms. The number of aliphatic carboxylic acids is 1. The Morgan fingerprint density at radius 1 is 0.842 bits per heavy atom. The molecule has 0 saturated carbocycles. The van der Waals surface area contributed by atoms with Crippen LogP contribution in [-0.2, 0) is 30.4 Å². The maximum atomic E-state index is 13.4. The van der Waals surface area contributed by atoms with Crippen molar-refractivity contribution in [3.8, 4) is 5.75 Å². The van der Waals surface area contributed by atoms with E-state index >= 15 is 0 Å². The van der Waals surface area contributed by atoms with Crippen LogP contribution < -0.4 is 27.4 Å². The molecule has 6 atom stereocenters. The molecule has 9 N–H and O–H groups in total. The number of nitrogens with one attached hydrogen (secondary N) is 3. The Morgan fingerprint density at radius 3 is 1.87 bits per heavy atom. The van der Waals surface area contributed by atoms with Crippen molar-refractivity contribution >= 4 is 29.6 Å². The molecule has 0 saturated heterocycles. The molecule has 12 heteroatoms. The van der Waals surface area contributed by atoms with E-state index in [1.54, 1.807) is 26.0 Å². The molecule has 6 unspecified atom stereocenters. The molecule has 0 fully saturated rings. The second kappa shape index (κ2) is 15.6. The summed E-state index contributed by atoms with van der Waals surface area (Å²) in [5, 5.41) is 26.9. The molecule has 1 aromatic carbocycles. The Balaban J connectivity index is 3.17. The predicted molar refractivity (Wildman–Crippen MR) is 141 cm³/mol. The molecule has 0 bridgehead atoms. The number of aromatic hydroxyl groups is 1. The predicted octanol–water partition coefficient (Wildman–Crippen LogP) is 0.159. The summed E-state index contributed by atoms with van der Waals surface area (Å²) in [5.41, 5.74) is 11.6. The number of phenolic OH excluding ortho intramolecular Hbond substituents is 1. The summed E-state index contributed by atoms with van der Waals surface area (Å²) in [5.74, 6) is -4.47. The second-order valence-electron chi connectivity index (χ2n) is 9.63. The van der Waals surface area contributed by atoms with E-state index in [-0.39, 0.29) is 36.8 Å². The highest BCUT2D eigenvalue weighted by atomic mass is 16.4. The van der Waals surface area contributed by atoms with Crippen molar-refractivity contribution in [2.45, 2.75) is 84.0 Å². The number of carboxylic acids is 1. The highest BCUT2D eigenvalue weighted by Gasteiger charge is 2.34. The van der Waals surface area contributed by atoms with Gasteiger partial charge in [0.05, 0.1) is 6.04 Å². The van der Waals surface area contributed by atoms with Crippen molar-refractivity contribution in [3.05, 3.63) is 29.8 Å². The number of carboxylic acid groups (broad SMARTS) is 1. The van der Waals surface area contributed by atoms with E-state index in [0.29, 0.717) is 18.4 Å². The first-order valence-corrected chi connectivity index (χ1v) is 12.8. The first kappa shape index (κ1) is 32.4. The lowest BCUT2D eigenvalue weighted by Gasteiger charge is -2.29. The van der Waals surface area contributed by atoms with Crippen LogP contribution in [0.15, 0.2) is 24.3 Å². The standard InChI is InChI=1S/C26H41N5O7/c1-5-14(3)21(25(36)31-22(26(37)38)15(4)6-2)30-24(35)19(13-16-7-9-17(32)10-8-16)29-23(34)18(27)11-12-20(28)33/h7-10,14-15,18-19,21-22,32H,5-6,11-13,27H2,1-4H3,(H2,28,33)(H,29,34)(H,30,35)(H,31,36)(H,37,38). The van der Waals surface area contributed by atoms with Crippen LogP contribution in [0.25, 0.3) is 0 Å². The van der Waals surface area contributed by atoms with E-state index in [9.17, 15) is 34.2 Å². The third-order valence-corrected chi connectivity index (χ3v) is 6.62. The molecule has 0 radical (unpaired) electrons. The summed E-state index contributed by atoms with van der Waals surface area (Å²) >= 11 is 0. The average molecular weight is 536 g/mol. The minimum atomic E-state index is -1.18. The number of hydrogen-bond donors (Lipinski definition) is 7. The van der Waals surface area contributed by atoms with Crippen LogP contribution in [0.5, 0.6) is 5.75 Å². The molecule has 0 aliphatic carbocycles. The van der Waals surface area contributed by atoms with Crippen LogP contribution in [0.4, 0.5) is 0 Å². The molecule has 1 rings (SSSR count). The highest BCUT2D eigenvalue weighted by molar-refractivity contribution is 5.94. The number of benzene rings is 1. The Labute approximate surface area is 222 Å². The van der Waals surface area contributed by atoms with Gasteiger partial charge in [0.1, 0.15) is 23.9 Å². The smallest absolute Gasteiger partial charge is 0.326 e. The van der Waals surface area contributed by atoms with Crippen LogP contribution in [0.3, 0.4) is 0 Å². The lowest BCUT2D eigenvalue weighted by Crippen LogP contribution is -2.59. The maximum Gasteiger partial charge on any atom is 0.326 e. The number of amides is 4. The van der Waals surface area contributed by atoms with E-state index in [1.807, 2.05) is 13.8 Å². The van der Waals surface area contributed by atoms with Crippen LogP contribution in [0.2, 0.25) is 0 Å². The fourth-order valence-electron chi connectivity index (χ4n) is 3.67. The number of carbonyl (C=O) groups is 5. The lowest BCUT2D eigenvalue weighted by atomic mass is 9.94. The molecular weight excluding hydrogens is 494 g/mol. The van der Waals surface area contributed by atoms with Gasteiger partial charge in [0.25, 0.3) is 0 Å². The number of phenols is 1. The fourth-order valence-corrected chi connectivity index (χ4v) is 3.67. The monoisotopic (exact) mass is 535 g/mol. The van der Waals surface area contributed by atoms with Gasteiger partial charge in [0, 0.05) is 12.8 Å². The van der Waals surface area contributed by atoms with E-state index in [1.165, 1.54) is 12.1 Å².